The average molecular weight is 167 g/mol. The Labute approximate surface area is 74.2 Å². The number of hydrogen-bond acceptors (Lipinski definition) is 2. The topological polar surface area (TPSA) is 40.9 Å². The smallest absolute Gasteiger partial charge is 0.151 e. The lowest BCUT2D eigenvalue weighted by molar-refractivity contribution is -0.104. The summed E-state index contributed by atoms with van der Waals surface area (Å²) in [6, 6.07) is 0. The molecule has 0 aromatic rings. The van der Waals surface area contributed by atoms with Crippen LogP contribution in [0.5, 0.6) is 0 Å². The summed E-state index contributed by atoms with van der Waals surface area (Å²) in [6.45, 7) is 2.17. The van der Waals surface area contributed by atoms with Crippen LogP contribution in [-0.2, 0) is 4.79 Å². The number of unbranched alkanes of at least 4 members (excludes halogenated alkanes) is 4. The van der Waals surface area contributed by atoms with Crippen LogP contribution in [0.15, 0.2) is 11.6 Å². The maximum atomic E-state index is 10.2. The van der Waals surface area contributed by atoms with E-state index in [4.69, 9.17) is 5.41 Å². The fraction of sp³-hybridized carbons (Fsp3) is 0.600. The molecule has 0 amide bonds. The Morgan fingerprint density at radius 3 is 2.58 bits per heavy atom. The predicted octanol–water partition coefficient (Wildman–Crippen LogP) is 2.73. The first-order chi connectivity index (χ1) is 5.85. The molecule has 12 heavy (non-hydrogen) atoms. The first-order valence-corrected chi connectivity index (χ1v) is 4.51. The molecule has 0 aliphatic rings. The summed E-state index contributed by atoms with van der Waals surface area (Å²) in [6.07, 6.45) is 9.42. The third-order valence-corrected chi connectivity index (χ3v) is 1.74. The Bertz CT molecular complexity index is 151. The van der Waals surface area contributed by atoms with Gasteiger partial charge in [0.2, 0.25) is 0 Å². The summed E-state index contributed by atoms with van der Waals surface area (Å²) in [7, 11) is 0. The van der Waals surface area contributed by atoms with Crippen molar-refractivity contribution in [3.63, 3.8) is 0 Å². The molecule has 0 aliphatic carbocycles. The maximum absolute atomic E-state index is 10.2. The fourth-order valence-corrected chi connectivity index (χ4v) is 0.981. The van der Waals surface area contributed by atoms with Crippen molar-refractivity contribution in [2.75, 3.05) is 0 Å². The summed E-state index contributed by atoms with van der Waals surface area (Å²) in [5, 5.41) is 6.85. The van der Waals surface area contributed by atoms with Gasteiger partial charge in [0, 0.05) is 11.8 Å². The van der Waals surface area contributed by atoms with Gasteiger partial charge in [-0.1, -0.05) is 32.3 Å². The predicted molar refractivity (Wildman–Crippen MR) is 51.7 cm³/mol. The molecule has 0 rings (SSSR count). The molecule has 0 radical (unpaired) electrons. The molecule has 0 unspecified atom stereocenters. The minimum Gasteiger partial charge on any atom is -0.308 e. The van der Waals surface area contributed by atoms with Gasteiger partial charge in [-0.3, -0.25) is 4.79 Å². The van der Waals surface area contributed by atoms with Crippen LogP contribution in [0.4, 0.5) is 0 Å². The SMILES string of the molecule is CCCCCC/C=C(\C=N)C=O. The first kappa shape index (κ1) is 11.1. The van der Waals surface area contributed by atoms with Crippen LogP contribution < -0.4 is 0 Å². The Hall–Kier alpha value is -0.920. The second-order valence-electron chi connectivity index (χ2n) is 2.82. The van der Waals surface area contributed by atoms with Gasteiger partial charge in [0.15, 0.2) is 6.29 Å². The van der Waals surface area contributed by atoms with Gasteiger partial charge < -0.3 is 5.41 Å². The van der Waals surface area contributed by atoms with Crippen LogP contribution in [0.3, 0.4) is 0 Å². The largest absolute Gasteiger partial charge is 0.308 e. The second-order valence-corrected chi connectivity index (χ2v) is 2.82. The third kappa shape index (κ3) is 5.83. The molecule has 0 aliphatic heterocycles. The molecule has 0 saturated heterocycles. The van der Waals surface area contributed by atoms with E-state index >= 15 is 0 Å². The molecule has 0 saturated carbocycles. The van der Waals surface area contributed by atoms with Crippen molar-refractivity contribution in [3.8, 4) is 0 Å². The zero-order chi connectivity index (χ0) is 9.23. The molecule has 2 heteroatoms. The summed E-state index contributed by atoms with van der Waals surface area (Å²) < 4.78 is 0. The molecule has 0 spiro atoms. The monoisotopic (exact) mass is 167 g/mol. The number of hydrogen-bond donors (Lipinski definition) is 1. The molecular weight excluding hydrogens is 150 g/mol. The molecule has 0 heterocycles. The highest BCUT2D eigenvalue weighted by Crippen LogP contribution is 2.03. The number of carbonyl (C=O) groups excluding carboxylic acids is 1. The molecule has 2 nitrogen and oxygen atoms in total. The van der Waals surface area contributed by atoms with Crippen molar-refractivity contribution >= 4 is 12.5 Å². The molecule has 0 bridgehead atoms. The van der Waals surface area contributed by atoms with E-state index in [0.29, 0.717) is 5.57 Å². The van der Waals surface area contributed by atoms with Crippen molar-refractivity contribution in [1.82, 2.24) is 0 Å². The Morgan fingerprint density at radius 1 is 1.33 bits per heavy atom. The van der Waals surface area contributed by atoms with E-state index in [1.807, 2.05) is 6.08 Å². The van der Waals surface area contributed by atoms with Crippen LogP contribution >= 0.6 is 0 Å². The molecule has 68 valence electrons. The zero-order valence-corrected chi connectivity index (χ0v) is 7.68. The number of aldehydes is 1. The van der Waals surface area contributed by atoms with Crippen molar-refractivity contribution < 1.29 is 4.79 Å². The van der Waals surface area contributed by atoms with E-state index in [1.54, 1.807) is 0 Å². The molecule has 1 N–H and O–H groups in total. The molecule has 0 aromatic heterocycles. The summed E-state index contributed by atoms with van der Waals surface area (Å²) in [4.78, 5) is 10.2. The summed E-state index contributed by atoms with van der Waals surface area (Å²) >= 11 is 0. The lowest BCUT2D eigenvalue weighted by Gasteiger charge is -1.94. The highest BCUT2D eigenvalue weighted by Gasteiger charge is 1.88. The van der Waals surface area contributed by atoms with Gasteiger partial charge >= 0.3 is 0 Å². The molecule has 0 atom stereocenters. The molecule has 0 aromatic carbocycles. The quantitative estimate of drug-likeness (QED) is 0.269. The number of rotatable bonds is 7. The van der Waals surface area contributed by atoms with Crippen molar-refractivity contribution in [3.05, 3.63) is 11.6 Å². The van der Waals surface area contributed by atoms with Gasteiger partial charge in [-0.15, -0.1) is 0 Å². The number of allylic oxidation sites excluding steroid dienone is 2. The van der Waals surface area contributed by atoms with Gasteiger partial charge in [0.25, 0.3) is 0 Å². The van der Waals surface area contributed by atoms with Crippen molar-refractivity contribution in [2.24, 2.45) is 0 Å². The van der Waals surface area contributed by atoms with Gasteiger partial charge in [-0.2, -0.15) is 0 Å². The Kier molecular flexibility index (Phi) is 7.55. The van der Waals surface area contributed by atoms with Crippen LogP contribution in [0.1, 0.15) is 39.0 Å². The van der Waals surface area contributed by atoms with E-state index < -0.39 is 0 Å². The van der Waals surface area contributed by atoms with Crippen LogP contribution in [-0.4, -0.2) is 12.5 Å². The minimum atomic E-state index is 0.492. The number of carbonyl (C=O) groups is 1. The maximum Gasteiger partial charge on any atom is 0.151 e. The summed E-state index contributed by atoms with van der Waals surface area (Å²) in [5.41, 5.74) is 0.492. The lowest BCUT2D eigenvalue weighted by atomic mass is 10.1. The number of nitrogens with one attached hydrogen (secondary N) is 1. The standard InChI is InChI=1S/C10H17NO/c1-2-3-4-5-6-7-10(8-11)9-12/h7-9,11H,2-6H2,1H3/b10-7+,11-8?. The lowest BCUT2D eigenvalue weighted by Crippen LogP contribution is -1.84. The zero-order valence-electron chi connectivity index (χ0n) is 7.68. The van der Waals surface area contributed by atoms with Gasteiger partial charge in [-0.05, 0) is 12.8 Å². The van der Waals surface area contributed by atoms with Crippen LogP contribution in [0.25, 0.3) is 0 Å². The van der Waals surface area contributed by atoms with Crippen LogP contribution in [0.2, 0.25) is 0 Å². The highest BCUT2D eigenvalue weighted by atomic mass is 16.1. The molecular formula is C10H17NO. The van der Waals surface area contributed by atoms with E-state index in [1.165, 1.54) is 19.3 Å². The van der Waals surface area contributed by atoms with E-state index in [2.05, 4.69) is 6.92 Å². The van der Waals surface area contributed by atoms with E-state index in [-0.39, 0.29) is 0 Å². The van der Waals surface area contributed by atoms with E-state index in [9.17, 15) is 4.79 Å². The third-order valence-electron chi connectivity index (χ3n) is 1.74. The van der Waals surface area contributed by atoms with Gasteiger partial charge in [-0.25, -0.2) is 0 Å². The average Bonchev–Trinajstić information content (AvgIpc) is 2.11. The fourth-order valence-electron chi connectivity index (χ4n) is 0.981. The minimum absolute atomic E-state index is 0.492. The normalized spacial score (nSPS) is 11.2. The first-order valence-electron chi connectivity index (χ1n) is 4.51. The van der Waals surface area contributed by atoms with Crippen molar-refractivity contribution in [2.45, 2.75) is 39.0 Å². The van der Waals surface area contributed by atoms with E-state index in [0.717, 1.165) is 25.3 Å². The molecule has 0 fully saturated rings. The van der Waals surface area contributed by atoms with Crippen molar-refractivity contribution in [1.29, 1.82) is 5.41 Å². The van der Waals surface area contributed by atoms with Crippen LogP contribution in [0, 0.1) is 5.41 Å². The Balaban J connectivity index is 3.44. The summed E-state index contributed by atoms with van der Waals surface area (Å²) in [5.74, 6) is 0. The Morgan fingerprint density at radius 2 is 2.08 bits per heavy atom. The van der Waals surface area contributed by atoms with Gasteiger partial charge in [0.1, 0.15) is 0 Å². The highest BCUT2D eigenvalue weighted by molar-refractivity contribution is 6.00. The second kappa shape index (κ2) is 8.18. The van der Waals surface area contributed by atoms with Gasteiger partial charge in [0.05, 0.1) is 0 Å².